The van der Waals surface area contributed by atoms with Crippen molar-refractivity contribution in [1.29, 1.82) is 0 Å². The van der Waals surface area contributed by atoms with Gasteiger partial charge in [-0.05, 0) is 33.2 Å². The number of aliphatic hydroxyl groups is 2. The average Bonchev–Trinajstić information content (AvgIpc) is 2.58. The maximum atomic E-state index is 11.1. The van der Waals surface area contributed by atoms with E-state index in [2.05, 4.69) is 6.07 Å². The summed E-state index contributed by atoms with van der Waals surface area (Å²) in [5.74, 6) is 0.178. The van der Waals surface area contributed by atoms with Crippen LogP contribution in [0.5, 0.6) is 0 Å². The molecule has 0 radical (unpaired) electrons. The van der Waals surface area contributed by atoms with Gasteiger partial charge in [0.05, 0.1) is 6.10 Å². The molecule has 2 N–H and O–H groups in total. The number of carbonyl (C=O) groups excluding carboxylic acids is 1. The number of benzene rings is 3. The highest BCUT2D eigenvalue weighted by molar-refractivity contribution is 8.13. The van der Waals surface area contributed by atoms with E-state index in [1.807, 2.05) is 48.5 Å². The third-order valence-electron chi connectivity index (χ3n) is 3.94. The molecular formula is C19H18O3S. The average molecular weight is 326 g/mol. The summed E-state index contributed by atoms with van der Waals surface area (Å²) in [5, 5.41) is 24.8. The van der Waals surface area contributed by atoms with E-state index in [4.69, 9.17) is 0 Å². The molecule has 118 valence electrons. The minimum Gasteiger partial charge on any atom is -0.389 e. The molecule has 3 aromatic carbocycles. The largest absolute Gasteiger partial charge is 0.389 e. The van der Waals surface area contributed by atoms with Gasteiger partial charge in [-0.1, -0.05) is 60.3 Å². The zero-order valence-electron chi connectivity index (χ0n) is 12.8. The highest BCUT2D eigenvalue weighted by Crippen LogP contribution is 2.33. The summed E-state index contributed by atoms with van der Waals surface area (Å²) in [7, 11) is 0. The van der Waals surface area contributed by atoms with Crippen LogP contribution < -0.4 is 0 Å². The topological polar surface area (TPSA) is 57.5 Å². The zero-order chi connectivity index (χ0) is 16.4. The molecule has 3 rings (SSSR count). The number of hydrogen-bond acceptors (Lipinski definition) is 4. The molecule has 2 unspecified atom stereocenters. The monoisotopic (exact) mass is 326 g/mol. The summed E-state index contributed by atoms with van der Waals surface area (Å²) >= 11 is 1.02. The summed E-state index contributed by atoms with van der Waals surface area (Å²) in [6.45, 7) is 1.45. The molecule has 0 amide bonds. The Morgan fingerprint density at radius 3 is 2.30 bits per heavy atom. The van der Waals surface area contributed by atoms with Crippen molar-refractivity contribution < 1.29 is 15.0 Å². The Kier molecular flexibility index (Phi) is 4.66. The maximum Gasteiger partial charge on any atom is 0.185 e. The van der Waals surface area contributed by atoms with Gasteiger partial charge in [0.25, 0.3) is 0 Å². The molecule has 4 heteroatoms. The fraction of sp³-hybridized carbons (Fsp3) is 0.211. The van der Waals surface area contributed by atoms with E-state index in [1.54, 1.807) is 0 Å². The van der Waals surface area contributed by atoms with Gasteiger partial charge < -0.3 is 10.2 Å². The highest BCUT2D eigenvalue weighted by Gasteiger charge is 2.22. The third-order valence-corrected chi connectivity index (χ3v) is 4.86. The van der Waals surface area contributed by atoms with Crippen LogP contribution in [0.4, 0.5) is 0 Å². The first-order valence-corrected chi connectivity index (χ1v) is 8.46. The summed E-state index contributed by atoms with van der Waals surface area (Å²) < 4.78 is 0. The first-order chi connectivity index (χ1) is 11.1. The number of hydrogen-bond donors (Lipinski definition) is 2. The molecule has 23 heavy (non-hydrogen) atoms. The van der Waals surface area contributed by atoms with Crippen LogP contribution in [0.1, 0.15) is 18.6 Å². The van der Waals surface area contributed by atoms with Crippen LogP contribution in [-0.4, -0.2) is 27.2 Å². The standard InChI is InChI=1S/C19H18O3S/c1-12(20)23-11-18(21)19(22)17-10-13-6-2-3-7-14(13)15-8-4-5-9-16(15)17/h2-10,18-19,21-22H,11H2,1H3. The van der Waals surface area contributed by atoms with E-state index in [1.165, 1.54) is 6.92 Å². The molecule has 0 saturated carbocycles. The van der Waals surface area contributed by atoms with E-state index in [9.17, 15) is 15.0 Å². The number of carbonyl (C=O) groups is 1. The van der Waals surface area contributed by atoms with Crippen molar-refractivity contribution in [2.75, 3.05) is 5.75 Å². The molecular weight excluding hydrogens is 308 g/mol. The van der Waals surface area contributed by atoms with Crippen LogP contribution in [0.15, 0.2) is 54.6 Å². The normalized spacial score (nSPS) is 14.0. The molecule has 0 fully saturated rings. The Labute approximate surface area is 138 Å². The number of aliphatic hydroxyl groups excluding tert-OH is 2. The van der Waals surface area contributed by atoms with E-state index < -0.39 is 12.2 Å². The second-order valence-electron chi connectivity index (χ2n) is 5.55. The predicted octanol–water partition coefficient (Wildman–Crippen LogP) is 3.67. The van der Waals surface area contributed by atoms with E-state index in [0.29, 0.717) is 5.56 Å². The summed E-state index contributed by atoms with van der Waals surface area (Å²) in [4.78, 5) is 11.1. The second kappa shape index (κ2) is 6.71. The molecule has 3 aromatic rings. The van der Waals surface area contributed by atoms with Gasteiger partial charge in [0.1, 0.15) is 6.10 Å². The fourth-order valence-corrected chi connectivity index (χ4v) is 3.42. The molecule has 0 spiro atoms. The molecule has 0 aliphatic carbocycles. The van der Waals surface area contributed by atoms with Crippen molar-refractivity contribution in [1.82, 2.24) is 0 Å². The highest BCUT2D eigenvalue weighted by atomic mass is 32.2. The third kappa shape index (κ3) is 3.24. The predicted molar refractivity (Wildman–Crippen MR) is 95.6 cm³/mol. The van der Waals surface area contributed by atoms with E-state index in [-0.39, 0.29) is 10.9 Å². The van der Waals surface area contributed by atoms with Crippen molar-refractivity contribution in [3.63, 3.8) is 0 Å². The lowest BCUT2D eigenvalue weighted by Crippen LogP contribution is -2.21. The van der Waals surface area contributed by atoms with Crippen LogP contribution >= 0.6 is 11.8 Å². The van der Waals surface area contributed by atoms with Gasteiger partial charge in [-0.15, -0.1) is 0 Å². The molecule has 0 aliphatic heterocycles. The zero-order valence-corrected chi connectivity index (χ0v) is 13.6. The second-order valence-corrected chi connectivity index (χ2v) is 6.74. The lowest BCUT2D eigenvalue weighted by atomic mass is 9.93. The molecule has 3 nitrogen and oxygen atoms in total. The van der Waals surface area contributed by atoms with Gasteiger partial charge in [-0.2, -0.15) is 0 Å². The first-order valence-electron chi connectivity index (χ1n) is 7.48. The van der Waals surface area contributed by atoms with Crippen LogP contribution in [0.25, 0.3) is 21.5 Å². The smallest absolute Gasteiger partial charge is 0.185 e. The van der Waals surface area contributed by atoms with Crippen molar-refractivity contribution >= 4 is 38.4 Å². The Bertz CT molecular complexity index is 859. The number of rotatable bonds is 4. The Hall–Kier alpha value is -1.88. The summed E-state index contributed by atoms with van der Waals surface area (Å²) in [6.07, 6.45) is -2.02. The maximum absolute atomic E-state index is 11.1. The minimum absolute atomic E-state index is 0.0698. The van der Waals surface area contributed by atoms with Gasteiger partial charge >= 0.3 is 0 Å². The Balaban J connectivity index is 2.10. The number of fused-ring (bicyclic) bond motifs is 3. The molecule has 2 atom stereocenters. The van der Waals surface area contributed by atoms with Crippen LogP contribution in [0.2, 0.25) is 0 Å². The van der Waals surface area contributed by atoms with Crippen LogP contribution in [-0.2, 0) is 4.79 Å². The fourth-order valence-electron chi connectivity index (χ4n) is 2.83. The van der Waals surface area contributed by atoms with Crippen molar-refractivity contribution in [2.45, 2.75) is 19.1 Å². The van der Waals surface area contributed by atoms with Crippen LogP contribution in [0.3, 0.4) is 0 Å². The minimum atomic E-state index is -1.03. The Morgan fingerprint density at radius 1 is 1.00 bits per heavy atom. The molecule has 0 aromatic heterocycles. The van der Waals surface area contributed by atoms with E-state index >= 15 is 0 Å². The van der Waals surface area contributed by atoms with Crippen molar-refractivity contribution in [2.24, 2.45) is 0 Å². The summed E-state index contributed by atoms with van der Waals surface area (Å²) in [5.41, 5.74) is 0.691. The van der Waals surface area contributed by atoms with E-state index in [0.717, 1.165) is 33.3 Å². The SMILES string of the molecule is CC(=O)SCC(O)C(O)c1cc2ccccc2c2ccccc12. The van der Waals surface area contributed by atoms with Gasteiger partial charge in [-0.3, -0.25) is 4.79 Å². The van der Waals surface area contributed by atoms with Gasteiger partial charge in [0.2, 0.25) is 0 Å². The lowest BCUT2D eigenvalue weighted by molar-refractivity contribution is -0.109. The number of thioether (sulfide) groups is 1. The van der Waals surface area contributed by atoms with Gasteiger partial charge in [0.15, 0.2) is 5.12 Å². The molecule has 0 heterocycles. The summed E-state index contributed by atoms with van der Waals surface area (Å²) in [6, 6.07) is 17.8. The van der Waals surface area contributed by atoms with Crippen molar-refractivity contribution in [3.05, 3.63) is 60.2 Å². The first kappa shape index (κ1) is 16.0. The molecule has 0 saturated heterocycles. The molecule has 0 aliphatic rings. The van der Waals surface area contributed by atoms with Crippen molar-refractivity contribution in [3.8, 4) is 0 Å². The van der Waals surface area contributed by atoms with Crippen LogP contribution in [0, 0.1) is 0 Å². The lowest BCUT2D eigenvalue weighted by Gasteiger charge is -2.20. The Morgan fingerprint density at radius 2 is 1.61 bits per heavy atom. The van der Waals surface area contributed by atoms with Gasteiger partial charge in [0, 0.05) is 12.7 Å². The molecule has 0 bridgehead atoms. The quantitative estimate of drug-likeness (QED) is 0.718. The van der Waals surface area contributed by atoms with Gasteiger partial charge in [-0.25, -0.2) is 0 Å².